The highest BCUT2D eigenvalue weighted by atomic mass is 16.5. The van der Waals surface area contributed by atoms with Gasteiger partial charge in [-0.1, -0.05) is 12.1 Å². The van der Waals surface area contributed by atoms with Crippen molar-refractivity contribution in [2.24, 2.45) is 23.2 Å². The molecule has 1 aromatic rings. The van der Waals surface area contributed by atoms with Crippen molar-refractivity contribution in [2.45, 2.75) is 70.9 Å². The molecular weight excluding hydrogens is 354 g/mol. The maximum Gasteiger partial charge on any atom is 0.305 e. The standard InChI is InChI=1S/C23H31NO4/c1-14(2)28-19-5-3-18(4-6-19)20(10-21(25)26)24-22(27)23-11-15-7-16(12-23)9-17(8-15)13-23/h3-6,14-17,20H,7-13H2,1-2H3,(H,24,27)(H,25,26)/t15?,16?,17?,20-,23?/m0/s1. The number of carboxylic acids is 1. The lowest BCUT2D eigenvalue weighted by Gasteiger charge is -2.55. The molecule has 5 nitrogen and oxygen atoms in total. The van der Waals surface area contributed by atoms with Crippen LogP contribution in [0.1, 0.15) is 70.4 Å². The first-order chi connectivity index (χ1) is 13.3. The Morgan fingerprint density at radius 2 is 1.61 bits per heavy atom. The summed E-state index contributed by atoms with van der Waals surface area (Å²) >= 11 is 0. The zero-order chi connectivity index (χ0) is 19.9. The van der Waals surface area contributed by atoms with Gasteiger partial charge in [0.05, 0.1) is 18.6 Å². The van der Waals surface area contributed by atoms with Gasteiger partial charge in [-0.15, -0.1) is 0 Å². The van der Waals surface area contributed by atoms with Crippen LogP contribution in [0.25, 0.3) is 0 Å². The van der Waals surface area contributed by atoms with Gasteiger partial charge in [-0.05, 0) is 87.8 Å². The van der Waals surface area contributed by atoms with Gasteiger partial charge < -0.3 is 15.2 Å². The van der Waals surface area contributed by atoms with Crippen molar-refractivity contribution in [3.8, 4) is 5.75 Å². The van der Waals surface area contributed by atoms with E-state index in [9.17, 15) is 14.7 Å². The molecule has 5 heteroatoms. The van der Waals surface area contributed by atoms with Gasteiger partial charge in [0.25, 0.3) is 0 Å². The molecule has 0 spiro atoms. The highest BCUT2D eigenvalue weighted by molar-refractivity contribution is 5.84. The molecule has 28 heavy (non-hydrogen) atoms. The molecule has 0 aromatic heterocycles. The third-order valence-corrected chi connectivity index (χ3v) is 6.86. The van der Waals surface area contributed by atoms with Crippen molar-refractivity contribution in [2.75, 3.05) is 0 Å². The van der Waals surface area contributed by atoms with E-state index in [0.717, 1.165) is 30.6 Å². The predicted molar refractivity (Wildman–Crippen MR) is 106 cm³/mol. The Morgan fingerprint density at radius 3 is 2.07 bits per heavy atom. The number of nitrogens with one attached hydrogen (secondary N) is 1. The molecule has 4 bridgehead atoms. The fraction of sp³-hybridized carbons (Fsp3) is 0.652. The summed E-state index contributed by atoms with van der Waals surface area (Å²) in [7, 11) is 0. The van der Waals surface area contributed by atoms with Crippen LogP contribution in [0.15, 0.2) is 24.3 Å². The van der Waals surface area contributed by atoms with Gasteiger partial charge in [0.15, 0.2) is 0 Å². The van der Waals surface area contributed by atoms with Crippen molar-refractivity contribution in [3.05, 3.63) is 29.8 Å². The molecule has 0 heterocycles. The van der Waals surface area contributed by atoms with Gasteiger partial charge >= 0.3 is 5.97 Å². The number of rotatable bonds is 7. The monoisotopic (exact) mass is 385 g/mol. The summed E-state index contributed by atoms with van der Waals surface area (Å²) in [5.74, 6) is 1.96. The average molecular weight is 386 g/mol. The number of aliphatic carboxylic acids is 1. The van der Waals surface area contributed by atoms with E-state index in [0.29, 0.717) is 17.8 Å². The highest BCUT2D eigenvalue weighted by Crippen LogP contribution is 2.60. The Hall–Kier alpha value is -2.04. The molecule has 0 saturated heterocycles. The Balaban J connectivity index is 1.50. The number of benzene rings is 1. The van der Waals surface area contributed by atoms with E-state index in [1.165, 1.54) is 19.3 Å². The van der Waals surface area contributed by atoms with Crippen LogP contribution < -0.4 is 10.1 Å². The smallest absolute Gasteiger partial charge is 0.305 e. The predicted octanol–water partition coefficient (Wildman–Crippen LogP) is 4.32. The number of ether oxygens (including phenoxy) is 1. The third kappa shape index (κ3) is 3.89. The minimum Gasteiger partial charge on any atom is -0.491 e. The topological polar surface area (TPSA) is 75.6 Å². The summed E-state index contributed by atoms with van der Waals surface area (Å²) in [5, 5.41) is 12.5. The summed E-state index contributed by atoms with van der Waals surface area (Å²) < 4.78 is 5.67. The number of carbonyl (C=O) groups excluding carboxylic acids is 1. The molecule has 1 aromatic carbocycles. The second-order valence-corrected chi connectivity index (χ2v) is 9.56. The molecule has 4 saturated carbocycles. The number of amides is 1. The summed E-state index contributed by atoms with van der Waals surface area (Å²) in [4.78, 5) is 24.8. The van der Waals surface area contributed by atoms with Gasteiger partial charge in [-0.2, -0.15) is 0 Å². The molecule has 4 aliphatic rings. The lowest BCUT2D eigenvalue weighted by atomic mass is 9.49. The minimum atomic E-state index is -0.904. The summed E-state index contributed by atoms with van der Waals surface area (Å²) in [6.45, 7) is 3.93. The zero-order valence-corrected chi connectivity index (χ0v) is 16.8. The normalized spacial score (nSPS) is 31.6. The van der Waals surface area contributed by atoms with Crippen molar-refractivity contribution in [1.82, 2.24) is 5.32 Å². The maximum atomic E-state index is 13.3. The second kappa shape index (κ2) is 7.41. The van der Waals surface area contributed by atoms with Crippen LogP contribution in [0, 0.1) is 23.2 Å². The van der Waals surface area contributed by atoms with E-state index >= 15 is 0 Å². The Morgan fingerprint density at radius 1 is 1.07 bits per heavy atom. The van der Waals surface area contributed by atoms with E-state index in [2.05, 4.69) is 5.32 Å². The van der Waals surface area contributed by atoms with E-state index in [4.69, 9.17) is 4.74 Å². The van der Waals surface area contributed by atoms with Gasteiger partial charge in [-0.25, -0.2) is 0 Å². The van der Waals surface area contributed by atoms with Crippen molar-refractivity contribution in [3.63, 3.8) is 0 Å². The molecule has 0 aliphatic heterocycles. The fourth-order valence-electron chi connectivity index (χ4n) is 6.18. The molecule has 1 atom stereocenters. The quantitative estimate of drug-likeness (QED) is 0.733. The molecule has 0 unspecified atom stereocenters. The SMILES string of the molecule is CC(C)Oc1ccc([C@H](CC(=O)O)NC(=O)C23CC4CC(CC(C4)C2)C3)cc1. The maximum absolute atomic E-state index is 13.3. The Labute approximate surface area is 166 Å². The van der Waals surface area contributed by atoms with Gasteiger partial charge in [0.2, 0.25) is 5.91 Å². The molecule has 4 fully saturated rings. The number of hydrogen-bond acceptors (Lipinski definition) is 3. The average Bonchev–Trinajstić information content (AvgIpc) is 2.59. The van der Waals surface area contributed by atoms with Crippen molar-refractivity contribution < 1.29 is 19.4 Å². The van der Waals surface area contributed by atoms with Gasteiger partial charge in [0.1, 0.15) is 5.75 Å². The number of carboxylic acid groups (broad SMARTS) is 1. The first-order valence-corrected chi connectivity index (χ1v) is 10.6. The van der Waals surface area contributed by atoms with Crippen molar-refractivity contribution >= 4 is 11.9 Å². The first-order valence-electron chi connectivity index (χ1n) is 10.6. The van der Waals surface area contributed by atoms with Crippen LogP contribution in [0.3, 0.4) is 0 Å². The van der Waals surface area contributed by atoms with Crippen LogP contribution in [-0.4, -0.2) is 23.1 Å². The lowest BCUT2D eigenvalue weighted by molar-refractivity contribution is -0.147. The van der Waals surface area contributed by atoms with E-state index in [1.54, 1.807) is 0 Å². The van der Waals surface area contributed by atoms with Crippen LogP contribution in [0.4, 0.5) is 0 Å². The molecule has 152 valence electrons. The van der Waals surface area contributed by atoms with Crippen LogP contribution in [-0.2, 0) is 9.59 Å². The third-order valence-electron chi connectivity index (χ3n) is 6.86. The molecule has 5 rings (SSSR count). The van der Waals surface area contributed by atoms with Crippen molar-refractivity contribution in [1.29, 1.82) is 0 Å². The Kier molecular flexibility index (Phi) is 5.11. The molecule has 1 amide bonds. The Bertz CT molecular complexity index is 704. The lowest BCUT2D eigenvalue weighted by Crippen LogP contribution is -2.54. The molecule has 2 N–H and O–H groups in total. The van der Waals surface area contributed by atoms with Crippen LogP contribution in [0.2, 0.25) is 0 Å². The highest BCUT2D eigenvalue weighted by Gasteiger charge is 2.54. The number of hydrogen-bond donors (Lipinski definition) is 2. The summed E-state index contributed by atoms with van der Waals surface area (Å²) in [6.07, 6.45) is 6.75. The summed E-state index contributed by atoms with van der Waals surface area (Å²) in [6, 6.07) is 6.92. The second-order valence-electron chi connectivity index (χ2n) is 9.56. The van der Waals surface area contributed by atoms with Gasteiger partial charge in [0, 0.05) is 5.41 Å². The largest absolute Gasteiger partial charge is 0.491 e. The summed E-state index contributed by atoms with van der Waals surface area (Å²) in [5.41, 5.74) is 0.545. The van der Waals surface area contributed by atoms with E-state index in [-0.39, 0.29) is 23.8 Å². The fourth-order valence-corrected chi connectivity index (χ4v) is 6.18. The first kappa shape index (κ1) is 19.3. The van der Waals surface area contributed by atoms with E-state index in [1.807, 2.05) is 38.1 Å². The van der Waals surface area contributed by atoms with Crippen LogP contribution in [0.5, 0.6) is 5.75 Å². The molecule has 0 radical (unpaired) electrons. The van der Waals surface area contributed by atoms with E-state index < -0.39 is 12.0 Å². The molecular formula is C23H31NO4. The number of carbonyl (C=O) groups is 2. The van der Waals surface area contributed by atoms with Crippen LogP contribution >= 0.6 is 0 Å². The minimum absolute atomic E-state index is 0.0698. The molecule has 4 aliphatic carbocycles. The van der Waals surface area contributed by atoms with Gasteiger partial charge in [-0.3, -0.25) is 9.59 Å². The zero-order valence-electron chi connectivity index (χ0n) is 16.8.